The topological polar surface area (TPSA) is 37.8 Å². The van der Waals surface area contributed by atoms with E-state index in [0.29, 0.717) is 6.04 Å². The van der Waals surface area contributed by atoms with Crippen LogP contribution in [-0.2, 0) is 6.42 Å². The summed E-state index contributed by atoms with van der Waals surface area (Å²) in [6.07, 6.45) is 1.11. The first-order valence-corrected chi connectivity index (χ1v) is 8.69. The molecular weight excluding hydrogens is 321 g/mol. The second-order valence-corrected chi connectivity index (χ2v) is 6.77. The molecule has 1 unspecified atom stereocenters. The zero-order valence-electron chi connectivity index (χ0n) is 10.9. The predicted molar refractivity (Wildman–Crippen MR) is 82.2 cm³/mol. The first kappa shape index (κ1) is 12.9. The number of fused-ring (bicyclic) bond motifs is 1. The molecular formula is C14H15N3SSe. The van der Waals surface area contributed by atoms with Gasteiger partial charge in [-0.3, -0.25) is 0 Å². The van der Waals surface area contributed by atoms with Gasteiger partial charge >= 0.3 is 123 Å². The Balaban J connectivity index is 1.86. The van der Waals surface area contributed by atoms with E-state index in [9.17, 15) is 0 Å². The second kappa shape index (κ2) is 5.45. The summed E-state index contributed by atoms with van der Waals surface area (Å²) in [7, 11) is 0. The number of hydrogen-bond donors (Lipinski definition) is 1. The number of nitrogens with zero attached hydrogens (tertiary/aromatic N) is 2. The maximum absolute atomic E-state index is 4.50. The number of aryl methyl sites for hydroxylation is 1. The Hall–Kier alpha value is -1.16. The Morgan fingerprint density at radius 3 is 2.95 bits per heavy atom. The molecule has 0 saturated heterocycles. The van der Waals surface area contributed by atoms with Crippen molar-refractivity contribution in [3.05, 3.63) is 40.1 Å². The van der Waals surface area contributed by atoms with Gasteiger partial charge in [-0.2, -0.15) is 0 Å². The third-order valence-electron chi connectivity index (χ3n) is 3.12. The van der Waals surface area contributed by atoms with E-state index in [1.54, 1.807) is 0 Å². The van der Waals surface area contributed by atoms with Crippen LogP contribution in [0.2, 0.25) is 0 Å². The van der Waals surface area contributed by atoms with Gasteiger partial charge in [-0.15, -0.1) is 0 Å². The normalized spacial score (nSPS) is 12.7. The first-order valence-electron chi connectivity index (χ1n) is 6.34. The van der Waals surface area contributed by atoms with E-state index in [-0.39, 0.29) is 15.0 Å². The van der Waals surface area contributed by atoms with Crippen LogP contribution in [0.4, 0.5) is 5.69 Å². The summed E-state index contributed by atoms with van der Waals surface area (Å²) >= 11 is 1.91. The molecule has 0 aliphatic rings. The minimum atomic E-state index is 0.0294. The zero-order valence-corrected chi connectivity index (χ0v) is 13.4. The zero-order chi connectivity index (χ0) is 13.2. The van der Waals surface area contributed by atoms with Crippen molar-refractivity contribution in [3.8, 4) is 0 Å². The van der Waals surface area contributed by atoms with Gasteiger partial charge in [-0.1, -0.05) is 0 Å². The number of benzene rings is 1. The molecule has 0 amide bonds. The summed E-state index contributed by atoms with van der Waals surface area (Å²) in [6.45, 7) is 4.39. The van der Waals surface area contributed by atoms with E-state index >= 15 is 0 Å². The molecule has 0 saturated carbocycles. The van der Waals surface area contributed by atoms with Crippen LogP contribution in [0.3, 0.4) is 0 Å². The summed E-state index contributed by atoms with van der Waals surface area (Å²) < 4.78 is 8.92. The minimum absolute atomic E-state index is 0.0294. The van der Waals surface area contributed by atoms with Crippen LogP contribution in [0.1, 0.15) is 29.6 Å². The van der Waals surface area contributed by atoms with Gasteiger partial charge in [0.05, 0.1) is 0 Å². The van der Waals surface area contributed by atoms with Crippen molar-refractivity contribution in [2.75, 3.05) is 5.32 Å². The molecule has 3 rings (SSSR count). The molecule has 0 aliphatic carbocycles. The maximum atomic E-state index is 4.50. The van der Waals surface area contributed by atoms with Gasteiger partial charge in [0.1, 0.15) is 0 Å². The van der Waals surface area contributed by atoms with Gasteiger partial charge in [0.2, 0.25) is 0 Å². The molecule has 98 valence electrons. The van der Waals surface area contributed by atoms with Crippen molar-refractivity contribution in [2.45, 2.75) is 26.3 Å². The van der Waals surface area contributed by atoms with Crippen LogP contribution in [0.5, 0.6) is 0 Å². The molecule has 0 bridgehead atoms. The van der Waals surface area contributed by atoms with Crippen LogP contribution < -0.4 is 5.32 Å². The summed E-state index contributed by atoms with van der Waals surface area (Å²) in [5, 5.41) is 3.56. The Kier molecular flexibility index (Phi) is 3.69. The van der Waals surface area contributed by atoms with E-state index in [4.69, 9.17) is 0 Å². The van der Waals surface area contributed by atoms with Gasteiger partial charge in [-0.05, 0) is 0 Å². The molecule has 0 spiro atoms. The van der Waals surface area contributed by atoms with E-state index in [1.165, 1.54) is 9.75 Å². The molecule has 2 heterocycles. The molecule has 1 N–H and O–H groups in total. The summed E-state index contributed by atoms with van der Waals surface area (Å²) in [6, 6.07) is 10.9. The molecule has 3 nitrogen and oxygen atoms in total. The van der Waals surface area contributed by atoms with Gasteiger partial charge in [-0.25, -0.2) is 0 Å². The molecule has 0 fully saturated rings. The molecule has 0 aliphatic heterocycles. The Labute approximate surface area is 122 Å². The van der Waals surface area contributed by atoms with Gasteiger partial charge < -0.3 is 0 Å². The molecule has 19 heavy (non-hydrogen) atoms. The van der Waals surface area contributed by atoms with Crippen molar-refractivity contribution in [1.29, 1.82) is 0 Å². The number of aromatic nitrogens is 2. The SMILES string of the molecule is CCc1ccc(C(C)Nc2cccc3n[se]nc23)s1. The van der Waals surface area contributed by atoms with Crippen LogP contribution >= 0.6 is 11.3 Å². The van der Waals surface area contributed by atoms with Crippen LogP contribution in [0, 0.1) is 0 Å². The number of nitrogens with one attached hydrogen (secondary N) is 1. The Morgan fingerprint density at radius 1 is 1.26 bits per heavy atom. The Morgan fingerprint density at radius 2 is 2.16 bits per heavy atom. The van der Waals surface area contributed by atoms with Crippen LogP contribution in [0.25, 0.3) is 11.0 Å². The average Bonchev–Trinajstić information content (AvgIpc) is 3.08. The molecule has 2 aromatic heterocycles. The van der Waals surface area contributed by atoms with Crippen molar-refractivity contribution in [3.63, 3.8) is 0 Å². The quantitative estimate of drug-likeness (QED) is 0.741. The van der Waals surface area contributed by atoms with E-state index < -0.39 is 0 Å². The Bertz CT molecular complexity index is 689. The monoisotopic (exact) mass is 337 g/mol. The fraction of sp³-hybridized carbons (Fsp3) is 0.286. The molecule has 3 aromatic rings. The van der Waals surface area contributed by atoms with Gasteiger partial charge in [0.15, 0.2) is 0 Å². The summed E-state index contributed by atoms with van der Waals surface area (Å²) in [4.78, 5) is 2.81. The van der Waals surface area contributed by atoms with Gasteiger partial charge in [0, 0.05) is 0 Å². The summed E-state index contributed by atoms with van der Waals surface area (Å²) in [5.74, 6) is 0. The molecule has 1 atom stereocenters. The molecule has 0 radical (unpaired) electrons. The predicted octanol–water partition coefficient (Wildman–Crippen LogP) is 3.48. The van der Waals surface area contributed by atoms with Crippen molar-refractivity contribution < 1.29 is 0 Å². The van der Waals surface area contributed by atoms with E-state index in [1.807, 2.05) is 23.5 Å². The van der Waals surface area contributed by atoms with Gasteiger partial charge in [0.25, 0.3) is 0 Å². The third-order valence-corrected chi connectivity index (χ3v) is 5.67. The number of rotatable bonds is 4. The standard InChI is InChI=1S/C14H15N3SSe/c1-3-10-7-8-13(18-10)9(2)15-11-5-4-6-12-14(11)17-19-16-12/h4-9,15H,3H2,1-2H3. The number of anilines is 1. The summed E-state index contributed by atoms with van der Waals surface area (Å²) in [5.41, 5.74) is 3.15. The second-order valence-electron chi connectivity index (χ2n) is 4.46. The fourth-order valence-electron chi connectivity index (χ4n) is 2.04. The molecule has 5 heteroatoms. The van der Waals surface area contributed by atoms with Crippen LogP contribution in [-0.4, -0.2) is 22.9 Å². The van der Waals surface area contributed by atoms with Crippen molar-refractivity contribution >= 4 is 43.0 Å². The number of thiophene rings is 1. The number of hydrogen-bond acceptors (Lipinski definition) is 4. The fourth-order valence-corrected chi connectivity index (χ4v) is 4.15. The van der Waals surface area contributed by atoms with E-state index in [2.05, 4.69) is 45.3 Å². The van der Waals surface area contributed by atoms with Crippen molar-refractivity contribution in [2.24, 2.45) is 0 Å². The average molecular weight is 336 g/mol. The first-order chi connectivity index (χ1) is 9.28. The van der Waals surface area contributed by atoms with Crippen LogP contribution in [0.15, 0.2) is 30.3 Å². The van der Waals surface area contributed by atoms with Crippen molar-refractivity contribution in [1.82, 2.24) is 7.96 Å². The third kappa shape index (κ3) is 2.59. The van der Waals surface area contributed by atoms with E-state index in [0.717, 1.165) is 23.1 Å². The molecule has 1 aromatic carbocycles.